The molecule has 1 aliphatic heterocycles. The molecule has 2 aromatic heterocycles. The normalized spacial score (nSPS) is 13.0. The Bertz CT molecular complexity index is 3130. The number of imidazole rings is 1. The lowest BCUT2D eigenvalue weighted by Gasteiger charge is -2.29. The van der Waals surface area contributed by atoms with Gasteiger partial charge >= 0.3 is 0 Å². The van der Waals surface area contributed by atoms with Crippen LogP contribution in [0.2, 0.25) is 0 Å². The van der Waals surface area contributed by atoms with Crippen LogP contribution in [0.25, 0.3) is 84.3 Å². The van der Waals surface area contributed by atoms with E-state index in [0.29, 0.717) is 17.5 Å². The zero-order valence-electron chi connectivity index (χ0n) is 31.3. The molecule has 270 valence electrons. The lowest BCUT2D eigenvalue weighted by Crippen LogP contribution is -2.27. The van der Waals surface area contributed by atoms with Gasteiger partial charge < -0.3 is 0 Å². The maximum Gasteiger partial charge on any atom is 0.164 e. The molecule has 0 saturated carbocycles. The smallest absolute Gasteiger partial charge is 0.164 e. The molecule has 0 saturated heterocycles. The Morgan fingerprint density at radius 3 is 1.47 bits per heavy atom. The molecule has 2 aliphatic rings. The van der Waals surface area contributed by atoms with Gasteiger partial charge in [-0.15, -0.1) is 0 Å². The fourth-order valence-corrected chi connectivity index (χ4v) is 9.38. The van der Waals surface area contributed by atoms with Crippen molar-refractivity contribution in [3.63, 3.8) is 0 Å². The second kappa shape index (κ2) is 12.6. The Kier molecular flexibility index (Phi) is 7.07. The van der Waals surface area contributed by atoms with E-state index in [1.807, 2.05) is 60.7 Å². The first-order valence-corrected chi connectivity index (χ1v) is 19.6. The maximum absolute atomic E-state index is 5.48. The van der Waals surface area contributed by atoms with Gasteiger partial charge in [-0.1, -0.05) is 170 Å². The Morgan fingerprint density at radius 1 is 0.345 bits per heavy atom. The van der Waals surface area contributed by atoms with Crippen LogP contribution in [0.1, 0.15) is 22.5 Å². The molecule has 0 unspecified atom stereocenters. The SMILES string of the molecule is c1ccc(-c2nc(-c3ccccc3)nc(-c3cccc(-c4cccc(-c5cccc6c5C5(c7ccccc7-c7ccccc75)c5nc7ccccc7n5-6)c4)c3)n2)cc1. The van der Waals surface area contributed by atoms with Gasteiger partial charge in [0.25, 0.3) is 0 Å². The number of para-hydroxylation sites is 2. The van der Waals surface area contributed by atoms with Gasteiger partial charge in [-0.3, -0.25) is 4.57 Å². The van der Waals surface area contributed by atoms with Crippen molar-refractivity contribution < 1.29 is 0 Å². The molecule has 10 aromatic rings. The van der Waals surface area contributed by atoms with E-state index in [-0.39, 0.29) is 0 Å². The lowest BCUT2D eigenvalue weighted by atomic mass is 9.70. The summed E-state index contributed by atoms with van der Waals surface area (Å²) in [6.45, 7) is 0. The minimum atomic E-state index is -0.598. The van der Waals surface area contributed by atoms with E-state index in [1.54, 1.807) is 0 Å². The van der Waals surface area contributed by atoms with Crippen LogP contribution in [0.4, 0.5) is 0 Å². The molecule has 0 atom stereocenters. The first-order chi connectivity index (χ1) is 28.8. The van der Waals surface area contributed by atoms with Gasteiger partial charge in [0.05, 0.1) is 16.7 Å². The molecule has 0 bridgehead atoms. The summed E-state index contributed by atoms with van der Waals surface area (Å²) in [5, 5.41) is 0. The molecular weight excluding hydrogens is 707 g/mol. The van der Waals surface area contributed by atoms with Crippen molar-refractivity contribution in [2.75, 3.05) is 0 Å². The van der Waals surface area contributed by atoms with Gasteiger partial charge in [0, 0.05) is 22.3 Å². The third-order valence-electron chi connectivity index (χ3n) is 11.8. The van der Waals surface area contributed by atoms with Crippen molar-refractivity contribution in [3.05, 3.63) is 223 Å². The molecule has 1 aliphatic carbocycles. The van der Waals surface area contributed by atoms with Crippen LogP contribution < -0.4 is 0 Å². The molecule has 1 spiro atoms. The summed E-state index contributed by atoms with van der Waals surface area (Å²) < 4.78 is 2.41. The topological polar surface area (TPSA) is 56.5 Å². The summed E-state index contributed by atoms with van der Waals surface area (Å²) >= 11 is 0. The predicted molar refractivity (Wildman–Crippen MR) is 232 cm³/mol. The summed E-state index contributed by atoms with van der Waals surface area (Å²) in [5.74, 6) is 2.96. The lowest BCUT2D eigenvalue weighted by molar-refractivity contribution is 0.739. The van der Waals surface area contributed by atoms with Crippen LogP contribution in [-0.2, 0) is 5.41 Å². The van der Waals surface area contributed by atoms with E-state index >= 15 is 0 Å². The quantitative estimate of drug-likeness (QED) is 0.176. The van der Waals surface area contributed by atoms with Crippen molar-refractivity contribution in [1.82, 2.24) is 24.5 Å². The fraction of sp³-hybridized carbons (Fsp3) is 0.0189. The van der Waals surface area contributed by atoms with E-state index in [2.05, 4.69) is 144 Å². The second-order valence-corrected chi connectivity index (χ2v) is 15.0. The number of fused-ring (bicyclic) bond motifs is 12. The molecule has 5 heteroatoms. The Labute approximate surface area is 335 Å². The average Bonchev–Trinajstić information content (AvgIpc) is 3.93. The highest BCUT2D eigenvalue weighted by Crippen LogP contribution is 2.62. The van der Waals surface area contributed by atoms with Crippen molar-refractivity contribution in [2.45, 2.75) is 5.41 Å². The van der Waals surface area contributed by atoms with Crippen molar-refractivity contribution in [1.29, 1.82) is 0 Å². The van der Waals surface area contributed by atoms with Crippen LogP contribution >= 0.6 is 0 Å². The maximum atomic E-state index is 5.48. The second-order valence-electron chi connectivity index (χ2n) is 15.0. The number of benzene rings is 8. The van der Waals surface area contributed by atoms with Crippen LogP contribution in [0.15, 0.2) is 200 Å². The zero-order chi connectivity index (χ0) is 38.2. The summed E-state index contributed by atoms with van der Waals surface area (Å²) in [4.78, 5) is 20.4. The van der Waals surface area contributed by atoms with Crippen molar-refractivity contribution in [3.8, 4) is 73.2 Å². The van der Waals surface area contributed by atoms with Crippen LogP contribution in [-0.4, -0.2) is 24.5 Å². The van der Waals surface area contributed by atoms with Crippen molar-refractivity contribution in [2.24, 2.45) is 0 Å². The molecule has 8 aromatic carbocycles. The molecule has 0 N–H and O–H groups in total. The molecule has 12 rings (SSSR count). The summed E-state index contributed by atoms with van der Waals surface area (Å²) in [7, 11) is 0. The van der Waals surface area contributed by atoms with Crippen LogP contribution in [0.5, 0.6) is 0 Å². The monoisotopic (exact) mass is 739 g/mol. The van der Waals surface area contributed by atoms with E-state index in [4.69, 9.17) is 19.9 Å². The summed E-state index contributed by atoms with van der Waals surface area (Å²) in [6.07, 6.45) is 0. The largest absolute Gasteiger partial charge is 0.295 e. The van der Waals surface area contributed by atoms with Gasteiger partial charge in [0.2, 0.25) is 0 Å². The van der Waals surface area contributed by atoms with Gasteiger partial charge in [0.1, 0.15) is 11.2 Å². The molecule has 0 fully saturated rings. The molecule has 5 nitrogen and oxygen atoms in total. The first-order valence-electron chi connectivity index (χ1n) is 19.6. The average molecular weight is 740 g/mol. The van der Waals surface area contributed by atoms with Crippen LogP contribution in [0, 0.1) is 0 Å². The molecule has 3 heterocycles. The van der Waals surface area contributed by atoms with Gasteiger partial charge in [-0.25, -0.2) is 19.9 Å². The van der Waals surface area contributed by atoms with Gasteiger partial charge in [-0.05, 0) is 74.8 Å². The molecule has 0 amide bonds. The van der Waals surface area contributed by atoms with E-state index in [9.17, 15) is 0 Å². The Morgan fingerprint density at radius 2 is 0.810 bits per heavy atom. The Balaban J connectivity index is 1.03. The number of hydrogen-bond donors (Lipinski definition) is 0. The molecule has 0 radical (unpaired) electrons. The third kappa shape index (κ3) is 4.71. The Hall–Kier alpha value is -7.76. The zero-order valence-corrected chi connectivity index (χ0v) is 31.3. The third-order valence-corrected chi connectivity index (χ3v) is 11.8. The minimum absolute atomic E-state index is 0.598. The summed E-state index contributed by atoms with van der Waals surface area (Å²) in [6, 6.07) is 70.8. The summed E-state index contributed by atoms with van der Waals surface area (Å²) in [5.41, 5.74) is 16.4. The highest BCUT2D eigenvalue weighted by atomic mass is 15.1. The first kappa shape index (κ1) is 32.5. The van der Waals surface area contributed by atoms with Gasteiger partial charge in [-0.2, -0.15) is 0 Å². The molecular formula is C53H33N5. The standard InChI is InChI=1S/C53H33N5/c1-3-16-34(17-4-1)49-55-50(35-18-5-2-6-19-35)57-51(56-49)39-23-14-21-37(33-39)36-20-13-22-38(32-36)40-26-15-31-47-48(40)53(52-54-45-29-11-12-30-46(45)58(47)52)43-27-9-7-24-41(43)42-25-8-10-28-44(42)53/h1-33H. The fourth-order valence-electron chi connectivity index (χ4n) is 9.38. The molecule has 58 heavy (non-hydrogen) atoms. The predicted octanol–water partition coefficient (Wildman–Crippen LogP) is 12.2. The number of hydrogen-bond acceptors (Lipinski definition) is 4. The number of aromatic nitrogens is 5. The highest BCUT2D eigenvalue weighted by molar-refractivity contribution is 5.95. The van der Waals surface area contributed by atoms with E-state index in [0.717, 1.165) is 50.2 Å². The minimum Gasteiger partial charge on any atom is -0.295 e. The van der Waals surface area contributed by atoms with Crippen molar-refractivity contribution >= 4 is 11.0 Å². The van der Waals surface area contributed by atoms with E-state index < -0.39 is 5.41 Å². The number of nitrogens with zero attached hydrogens (tertiary/aromatic N) is 5. The van der Waals surface area contributed by atoms with Crippen LogP contribution in [0.3, 0.4) is 0 Å². The number of rotatable bonds is 5. The van der Waals surface area contributed by atoms with Gasteiger partial charge in [0.15, 0.2) is 17.5 Å². The highest BCUT2D eigenvalue weighted by Gasteiger charge is 2.55. The van der Waals surface area contributed by atoms with E-state index in [1.165, 1.54) is 39.1 Å².